The van der Waals surface area contributed by atoms with Gasteiger partial charge in [-0.15, -0.1) is 0 Å². The van der Waals surface area contributed by atoms with Crippen LogP contribution >= 0.6 is 0 Å². The minimum Gasteiger partial charge on any atom is -0.494 e. The van der Waals surface area contributed by atoms with Gasteiger partial charge in [-0.25, -0.2) is 4.79 Å². The summed E-state index contributed by atoms with van der Waals surface area (Å²) in [4.78, 5) is 19.9. The molecule has 0 fully saturated rings. The highest BCUT2D eigenvalue weighted by molar-refractivity contribution is 5.82. The highest BCUT2D eigenvalue weighted by Crippen LogP contribution is 1.95. The van der Waals surface area contributed by atoms with Crippen LogP contribution in [0.3, 0.4) is 0 Å². The monoisotopic (exact) mass is 175 g/mol. The molecule has 0 spiro atoms. The number of hydrogen-bond acceptors (Lipinski definition) is 5. The van der Waals surface area contributed by atoms with E-state index >= 15 is 0 Å². The predicted molar refractivity (Wildman–Crippen MR) is 39.0 cm³/mol. The molecule has 0 aromatic carbocycles. The van der Waals surface area contributed by atoms with Crippen molar-refractivity contribution in [2.24, 2.45) is 0 Å². The van der Waals surface area contributed by atoms with E-state index in [0.29, 0.717) is 0 Å². The van der Waals surface area contributed by atoms with Crippen LogP contribution in [0.4, 0.5) is 0 Å². The van der Waals surface area contributed by atoms with Crippen LogP contribution in [0.2, 0.25) is 0 Å². The molecule has 6 heteroatoms. The number of carbonyl (C=O) groups is 1. The van der Waals surface area contributed by atoms with Crippen molar-refractivity contribution < 1.29 is 19.2 Å². The Labute approximate surface area is 68.9 Å². The smallest absolute Gasteiger partial charge is 0.334 e. The Morgan fingerprint density at radius 2 is 2.08 bits per heavy atom. The number of esters is 1. The van der Waals surface area contributed by atoms with Gasteiger partial charge in [0.05, 0.1) is 20.3 Å². The maximum atomic E-state index is 10.6. The molecule has 12 heavy (non-hydrogen) atoms. The highest BCUT2D eigenvalue weighted by atomic mass is 16.6. The van der Waals surface area contributed by atoms with Gasteiger partial charge in [0.15, 0.2) is 5.76 Å². The number of methoxy groups -OCH3 is 2. The van der Waals surface area contributed by atoms with Gasteiger partial charge < -0.3 is 9.47 Å². The third-order valence-electron chi connectivity index (χ3n) is 1.03. The third-order valence-corrected chi connectivity index (χ3v) is 1.03. The molecule has 0 aromatic heterocycles. The average Bonchev–Trinajstić information content (AvgIpc) is 2.02. The first kappa shape index (κ1) is 10.4. The van der Waals surface area contributed by atoms with Gasteiger partial charge >= 0.3 is 5.97 Å². The molecule has 0 radical (unpaired) electrons. The van der Waals surface area contributed by atoms with E-state index in [1.165, 1.54) is 14.2 Å². The first-order chi connectivity index (χ1) is 5.60. The first-order valence-electron chi connectivity index (χ1n) is 3.04. The molecule has 0 aliphatic carbocycles. The third kappa shape index (κ3) is 4.26. The fourth-order valence-electron chi connectivity index (χ4n) is 0.487. The molecular weight excluding hydrogens is 166 g/mol. The second-order valence-electron chi connectivity index (χ2n) is 1.83. The second kappa shape index (κ2) is 5.11. The summed E-state index contributed by atoms with van der Waals surface area (Å²) in [5.41, 5.74) is 0. The molecule has 0 rings (SSSR count). The molecule has 0 aliphatic heterocycles. The standard InChI is InChI=1S/C6H9NO5/c1-11-5(4-7(9)10)3-6(8)12-2/h3H,4H2,1-2H3/b5-3-. The molecule has 6 nitrogen and oxygen atoms in total. The Morgan fingerprint density at radius 1 is 1.50 bits per heavy atom. The normalized spacial score (nSPS) is 10.7. The van der Waals surface area contributed by atoms with Crippen LogP contribution in [0.1, 0.15) is 0 Å². The number of nitrogens with zero attached hydrogens (tertiary/aromatic N) is 1. The molecule has 0 amide bonds. The van der Waals surface area contributed by atoms with Crippen molar-refractivity contribution in [2.45, 2.75) is 0 Å². The molecule has 0 saturated carbocycles. The molecule has 0 aromatic rings. The van der Waals surface area contributed by atoms with Crippen LogP contribution in [0.15, 0.2) is 11.8 Å². The van der Waals surface area contributed by atoms with Crippen LogP contribution in [0, 0.1) is 10.1 Å². The zero-order valence-electron chi connectivity index (χ0n) is 6.77. The fourth-order valence-corrected chi connectivity index (χ4v) is 0.487. The molecular formula is C6H9NO5. The Kier molecular flexibility index (Phi) is 4.43. The Hall–Kier alpha value is -1.59. The van der Waals surface area contributed by atoms with Gasteiger partial charge in [0.25, 0.3) is 6.54 Å². The molecule has 0 bridgehead atoms. The van der Waals surface area contributed by atoms with Gasteiger partial charge in [-0.1, -0.05) is 0 Å². The van der Waals surface area contributed by atoms with Crippen molar-refractivity contribution in [2.75, 3.05) is 20.8 Å². The van der Waals surface area contributed by atoms with Crippen LogP contribution in [0.5, 0.6) is 0 Å². The Balaban J connectivity index is 4.22. The van der Waals surface area contributed by atoms with Gasteiger partial charge in [-0.05, 0) is 0 Å². The van der Waals surface area contributed by atoms with E-state index in [9.17, 15) is 14.9 Å². The van der Waals surface area contributed by atoms with Crippen molar-refractivity contribution in [1.82, 2.24) is 0 Å². The van der Waals surface area contributed by atoms with Crippen LogP contribution < -0.4 is 0 Å². The molecule has 0 aliphatic rings. The van der Waals surface area contributed by atoms with E-state index in [2.05, 4.69) is 9.47 Å². The van der Waals surface area contributed by atoms with E-state index < -0.39 is 17.4 Å². The topological polar surface area (TPSA) is 78.7 Å². The average molecular weight is 175 g/mol. The lowest BCUT2D eigenvalue weighted by Gasteiger charge is -1.99. The summed E-state index contributed by atoms with van der Waals surface area (Å²) in [5, 5.41) is 9.97. The SMILES string of the molecule is COC(=O)/C=C(/C[N+](=O)[O-])OC. The van der Waals surface area contributed by atoms with E-state index in [1.54, 1.807) is 0 Å². The van der Waals surface area contributed by atoms with Crippen molar-refractivity contribution in [3.05, 3.63) is 21.9 Å². The predicted octanol–water partition coefficient (Wildman–Crippen LogP) is -0.0336. The molecule has 0 heterocycles. The summed E-state index contributed by atoms with van der Waals surface area (Å²) in [6.45, 7) is -0.522. The number of hydrogen-bond donors (Lipinski definition) is 0. The lowest BCUT2D eigenvalue weighted by molar-refractivity contribution is -0.474. The first-order valence-corrected chi connectivity index (χ1v) is 3.04. The summed E-state index contributed by atoms with van der Waals surface area (Å²) in [6.07, 6.45) is 0.933. The van der Waals surface area contributed by atoms with Crippen LogP contribution in [-0.4, -0.2) is 31.7 Å². The largest absolute Gasteiger partial charge is 0.494 e. The van der Waals surface area contributed by atoms with E-state index in [-0.39, 0.29) is 5.76 Å². The van der Waals surface area contributed by atoms with Gasteiger partial charge in [0.2, 0.25) is 0 Å². The summed E-state index contributed by atoms with van der Waals surface area (Å²) in [5.74, 6) is -0.708. The van der Waals surface area contributed by atoms with Gasteiger partial charge in [-0.3, -0.25) is 10.1 Å². The minimum absolute atomic E-state index is 0.0353. The molecule has 68 valence electrons. The summed E-state index contributed by atoms with van der Waals surface area (Å²) in [7, 11) is 2.43. The minimum atomic E-state index is -0.672. The molecule has 0 saturated heterocycles. The van der Waals surface area contributed by atoms with Gasteiger partial charge in [0.1, 0.15) is 0 Å². The lowest BCUT2D eigenvalue weighted by Crippen LogP contribution is -2.08. The van der Waals surface area contributed by atoms with Crippen molar-refractivity contribution >= 4 is 5.97 Å². The van der Waals surface area contributed by atoms with Crippen LogP contribution in [0.25, 0.3) is 0 Å². The molecule has 0 atom stereocenters. The Morgan fingerprint density at radius 3 is 2.42 bits per heavy atom. The number of nitro groups is 1. The summed E-state index contributed by atoms with van der Waals surface area (Å²) in [6, 6.07) is 0. The van der Waals surface area contributed by atoms with Crippen molar-refractivity contribution in [3.8, 4) is 0 Å². The summed E-state index contributed by atoms with van der Waals surface area (Å²) < 4.78 is 8.80. The quantitative estimate of drug-likeness (QED) is 0.197. The fraction of sp³-hybridized carbons (Fsp3) is 0.500. The zero-order chi connectivity index (χ0) is 9.56. The Bertz CT molecular complexity index is 210. The van der Waals surface area contributed by atoms with E-state index in [4.69, 9.17) is 0 Å². The van der Waals surface area contributed by atoms with E-state index in [0.717, 1.165) is 6.08 Å². The highest BCUT2D eigenvalue weighted by Gasteiger charge is 2.07. The number of ether oxygens (including phenoxy) is 2. The van der Waals surface area contributed by atoms with Gasteiger partial charge in [0, 0.05) is 4.92 Å². The number of carbonyl (C=O) groups excluding carboxylic acids is 1. The molecule has 0 N–H and O–H groups in total. The lowest BCUT2D eigenvalue weighted by atomic mass is 10.4. The van der Waals surface area contributed by atoms with Gasteiger partial charge in [-0.2, -0.15) is 0 Å². The maximum Gasteiger partial charge on any atom is 0.334 e. The number of rotatable bonds is 4. The van der Waals surface area contributed by atoms with Crippen LogP contribution in [-0.2, 0) is 14.3 Å². The van der Waals surface area contributed by atoms with E-state index in [1.807, 2.05) is 0 Å². The maximum absolute atomic E-state index is 10.6. The molecule has 0 unspecified atom stereocenters. The zero-order valence-corrected chi connectivity index (χ0v) is 6.77. The second-order valence-corrected chi connectivity index (χ2v) is 1.83. The summed E-state index contributed by atoms with van der Waals surface area (Å²) >= 11 is 0. The van der Waals surface area contributed by atoms with Crippen molar-refractivity contribution in [3.63, 3.8) is 0 Å². The van der Waals surface area contributed by atoms with Crippen molar-refractivity contribution in [1.29, 1.82) is 0 Å².